The monoisotopic (exact) mass is 556 g/mol. The Kier molecular flexibility index (Phi) is 20.5. The Morgan fingerprint density at radius 2 is 1.18 bits per heavy atom. The standard InChI is InChI=1S/C26H44N4O9/c1-26(2,3)39-25(31)28-22-23-4-6-24(7-5-23)38-21-20-37-19-18-36-17-16-35-15-14-34-13-12-33-11-10-32-9-8-29-30-27/h4-7H,8-22H2,1-3H3,(H,28,31). The number of alkyl carbamates (subject to hydrolysis) is 1. The van der Waals surface area contributed by atoms with Gasteiger partial charge in [0.15, 0.2) is 0 Å². The Bertz CT molecular complexity index is 785. The molecular weight excluding hydrogens is 512 g/mol. The molecule has 0 unspecified atom stereocenters. The van der Waals surface area contributed by atoms with Crippen LogP contribution in [0.15, 0.2) is 29.4 Å². The SMILES string of the molecule is CC(C)(C)OC(=O)NCc1ccc(OCCOCCOCCOCCOCCOCCOCCN=[N+]=[N-])cc1. The minimum Gasteiger partial charge on any atom is -0.491 e. The predicted octanol–water partition coefficient (Wildman–Crippen LogP) is 3.50. The van der Waals surface area contributed by atoms with Gasteiger partial charge >= 0.3 is 6.09 Å². The van der Waals surface area contributed by atoms with Gasteiger partial charge in [-0.15, -0.1) is 0 Å². The smallest absolute Gasteiger partial charge is 0.407 e. The Balaban J connectivity index is 1.83. The highest BCUT2D eigenvalue weighted by Crippen LogP contribution is 2.12. The largest absolute Gasteiger partial charge is 0.491 e. The molecule has 0 aliphatic heterocycles. The number of amides is 1. The number of benzene rings is 1. The highest BCUT2D eigenvalue weighted by atomic mass is 16.6. The number of carbonyl (C=O) groups excluding carboxylic acids is 1. The number of ether oxygens (including phenoxy) is 8. The van der Waals surface area contributed by atoms with Gasteiger partial charge < -0.3 is 43.2 Å². The van der Waals surface area contributed by atoms with E-state index in [1.54, 1.807) is 0 Å². The van der Waals surface area contributed by atoms with Crippen molar-refractivity contribution in [1.29, 1.82) is 0 Å². The fraction of sp³-hybridized carbons (Fsp3) is 0.731. The molecule has 0 spiro atoms. The van der Waals surface area contributed by atoms with E-state index in [-0.39, 0.29) is 0 Å². The van der Waals surface area contributed by atoms with Crippen molar-refractivity contribution in [3.8, 4) is 5.75 Å². The van der Waals surface area contributed by atoms with E-state index in [0.29, 0.717) is 99.0 Å². The molecule has 0 atom stereocenters. The first-order valence-corrected chi connectivity index (χ1v) is 13.1. The van der Waals surface area contributed by atoms with Gasteiger partial charge in [-0.05, 0) is 44.0 Å². The first kappa shape index (κ1) is 34.4. The van der Waals surface area contributed by atoms with Crippen LogP contribution in [-0.2, 0) is 39.7 Å². The molecule has 0 fully saturated rings. The molecule has 0 aromatic heterocycles. The second kappa shape index (κ2) is 23.3. The third-order valence-corrected chi connectivity index (χ3v) is 4.51. The molecule has 0 saturated heterocycles. The Morgan fingerprint density at radius 3 is 1.62 bits per heavy atom. The maximum atomic E-state index is 11.7. The molecule has 1 N–H and O–H groups in total. The lowest BCUT2D eigenvalue weighted by Crippen LogP contribution is -2.32. The summed E-state index contributed by atoms with van der Waals surface area (Å²) in [5.41, 5.74) is 8.55. The van der Waals surface area contributed by atoms with Crippen molar-refractivity contribution in [1.82, 2.24) is 5.32 Å². The van der Waals surface area contributed by atoms with Gasteiger partial charge in [0.05, 0.1) is 79.3 Å². The summed E-state index contributed by atoms with van der Waals surface area (Å²) in [5.74, 6) is 0.731. The molecule has 0 aliphatic rings. The van der Waals surface area contributed by atoms with Crippen molar-refractivity contribution < 1.29 is 42.7 Å². The number of rotatable bonds is 24. The summed E-state index contributed by atoms with van der Waals surface area (Å²) in [6.07, 6.45) is -0.444. The van der Waals surface area contributed by atoms with Crippen LogP contribution in [0.25, 0.3) is 10.4 Å². The third-order valence-electron chi connectivity index (χ3n) is 4.51. The van der Waals surface area contributed by atoms with E-state index in [1.165, 1.54) is 0 Å². The molecule has 39 heavy (non-hydrogen) atoms. The summed E-state index contributed by atoms with van der Waals surface area (Å²) < 4.78 is 43.3. The number of azide groups is 1. The average Bonchev–Trinajstić information content (AvgIpc) is 2.90. The fourth-order valence-corrected chi connectivity index (χ4v) is 2.76. The molecule has 0 aliphatic carbocycles. The molecule has 0 saturated carbocycles. The molecule has 1 aromatic carbocycles. The lowest BCUT2D eigenvalue weighted by atomic mass is 10.2. The van der Waals surface area contributed by atoms with Gasteiger partial charge in [-0.2, -0.15) is 0 Å². The van der Waals surface area contributed by atoms with E-state index in [4.69, 9.17) is 43.4 Å². The number of carbonyl (C=O) groups is 1. The minimum absolute atomic E-state index is 0.325. The minimum atomic E-state index is -0.521. The van der Waals surface area contributed by atoms with Crippen LogP contribution in [0.5, 0.6) is 5.75 Å². The van der Waals surface area contributed by atoms with Crippen molar-refractivity contribution in [2.24, 2.45) is 5.11 Å². The highest BCUT2D eigenvalue weighted by molar-refractivity contribution is 5.67. The van der Waals surface area contributed by atoms with E-state index in [0.717, 1.165) is 11.3 Å². The summed E-state index contributed by atoms with van der Waals surface area (Å²) in [4.78, 5) is 14.3. The Hall–Kier alpha value is -2.64. The molecule has 1 aromatic rings. The number of nitrogens with one attached hydrogen (secondary N) is 1. The van der Waals surface area contributed by atoms with Crippen molar-refractivity contribution in [3.63, 3.8) is 0 Å². The summed E-state index contributed by atoms with van der Waals surface area (Å²) >= 11 is 0. The maximum absolute atomic E-state index is 11.7. The first-order chi connectivity index (χ1) is 18.9. The highest BCUT2D eigenvalue weighted by Gasteiger charge is 2.15. The van der Waals surface area contributed by atoms with Crippen LogP contribution in [-0.4, -0.2) is 104 Å². The molecule has 0 heterocycles. The van der Waals surface area contributed by atoms with Gasteiger partial charge in [-0.3, -0.25) is 0 Å². The third kappa shape index (κ3) is 23.0. The summed E-state index contributed by atoms with van der Waals surface area (Å²) in [6.45, 7) is 12.2. The van der Waals surface area contributed by atoms with Crippen molar-refractivity contribution >= 4 is 6.09 Å². The summed E-state index contributed by atoms with van der Waals surface area (Å²) in [7, 11) is 0. The molecule has 222 valence electrons. The van der Waals surface area contributed by atoms with Crippen molar-refractivity contribution in [3.05, 3.63) is 40.3 Å². The molecule has 13 nitrogen and oxygen atoms in total. The molecular formula is C26H44N4O9. The van der Waals surface area contributed by atoms with Crippen molar-refractivity contribution in [2.75, 3.05) is 92.4 Å². The summed E-state index contributed by atoms with van der Waals surface area (Å²) in [6, 6.07) is 7.48. The van der Waals surface area contributed by atoms with E-state index < -0.39 is 11.7 Å². The van der Waals surface area contributed by atoms with Gasteiger partial charge in [0, 0.05) is 18.0 Å². The predicted molar refractivity (Wildman–Crippen MR) is 144 cm³/mol. The molecule has 1 amide bonds. The van der Waals surface area contributed by atoms with Gasteiger partial charge in [-0.1, -0.05) is 17.2 Å². The van der Waals surface area contributed by atoms with Gasteiger partial charge in [-0.25, -0.2) is 4.79 Å². The molecule has 0 radical (unpaired) electrons. The second-order valence-electron chi connectivity index (χ2n) is 8.98. The topological polar surface area (TPSA) is 152 Å². The van der Waals surface area contributed by atoms with Crippen LogP contribution in [0, 0.1) is 0 Å². The Labute approximate surface area is 230 Å². The Morgan fingerprint density at radius 1 is 0.744 bits per heavy atom. The zero-order valence-electron chi connectivity index (χ0n) is 23.4. The second-order valence-corrected chi connectivity index (χ2v) is 8.98. The lowest BCUT2D eigenvalue weighted by Gasteiger charge is -2.19. The van der Waals surface area contributed by atoms with E-state index in [9.17, 15) is 4.79 Å². The van der Waals surface area contributed by atoms with E-state index in [2.05, 4.69) is 15.3 Å². The van der Waals surface area contributed by atoms with Gasteiger partial charge in [0.1, 0.15) is 18.0 Å². The number of hydrogen-bond acceptors (Lipinski definition) is 10. The van der Waals surface area contributed by atoms with Crippen LogP contribution in [0.3, 0.4) is 0 Å². The van der Waals surface area contributed by atoms with Crippen LogP contribution in [0.1, 0.15) is 26.3 Å². The van der Waals surface area contributed by atoms with Crippen LogP contribution < -0.4 is 10.1 Å². The molecule has 0 bridgehead atoms. The van der Waals surface area contributed by atoms with Crippen molar-refractivity contribution in [2.45, 2.75) is 32.9 Å². The first-order valence-electron chi connectivity index (χ1n) is 13.1. The van der Waals surface area contributed by atoms with Crippen LogP contribution in [0.2, 0.25) is 0 Å². The zero-order valence-corrected chi connectivity index (χ0v) is 23.4. The van der Waals surface area contributed by atoms with Crippen LogP contribution >= 0.6 is 0 Å². The average molecular weight is 557 g/mol. The number of hydrogen-bond donors (Lipinski definition) is 1. The van der Waals surface area contributed by atoms with Gasteiger partial charge in [0.25, 0.3) is 0 Å². The maximum Gasteiger partial charge on any atom is 0.407 e. The van der Waals surface area contributed by atoms with Crippen LogP contribution in [0.4, 0.5) is 4.79 Å². The zero-order chi connectivity index (χ0) is 28.4. The lowest BCUT2D eigenvalue weighted by molar-refractivity contribution is -0.0175. The molecule has 1 rings (SSSR count). The number of nitrogens with zero attached hydrogens (tertiary/aromatic N) is 3. The molecule has 13 heteroatoms. The van der Waals surface area contributed by atoms with Gasteiger partial charge in [0.2, 0.25) is 0 Å². The quantitative estimate of drug-likeness (QED) is 0.0873. The van der Waals surface area contributed by atoms with E-state index in [1.807, 2.05) is 45.0 Å². The fourth-order valence-electron chi connectivity index (χ4n) is 2.76. The van der Waals surface area contributed by atoms with E-state index >= 15 is 0 Å². The summed E-state index contributed by atoms with van der Waals surface area (Å²) in [5, 5.41) is 6.09. The normalized spacial score (nSPS) is 11.2.